The smallest absolute Gasteiger partial charge is 0.0718 e. The van der Waals surface area contributed by atoms with Crippen LogP contribution in [-0.4, -0.2) is 41.0 Å². The zero-order valence-corrected chi connectivity index (χ0v) is 12.5. The third kappa shape index (κ3) is 5.55. The molecule has 0 fully saturated rings. The van der Waals surface area contributed by atoms with Crippen molar-refractivity contribution in [1.82, 2.24) is 4.90 Å². The van der Waals surface area contributed by atoms with Gasteiger partial charge in [0.1, 0.15) is 0 Å². The Bertz CT molecular complexity index is 177. The monoisotopic (exact) mass is 247 g/mol. The van der Waals surface area contributed by atoms with E-state index in [1.54, 1.807) is 0 Å². The van der Waals surface area contributed by atoms with Crippen molar-refractivity contribution in [3.63, 3.8) is 0 Å². The minimum atomic E-state index is -0.611. The number of hydrogen-bond donors (Lipinski definition) is 2. The molecule has 0 spiro atoms. The maximum Gasteiger partial charge on any atom is 0.0718 e. The molecule has 0 radical (unpaired) electrons. The van der Waals surface area contributed by atoms with Crippen molar-refractivity contribution in [2.75, 3.05) is 25.4 Å². The van der Waals surface area contributed by atoms with E-state index in [0.29, 0.717) is 5.41 Å². The lowest BCUT2D eigenvalue weighted by Gasteiger charge is -2.38. The molecule has 0 amide bonds. The van der Waals surface area contributed by atoms with Crippen LogP contribution in [0.5, 0.6) is 0 Å². The van der Waals surface area contributed by atoms with Gasteiger partial charge >= 0.3 is 0 Å². The second kappa shape index (κ2) is 6.87. The Morgan fingerprint density at radius 1 is 1.06 bits per heavy atom. The van der Waals surface area contributed by atoms with Gasteiger partial charge in [0.2, 0.25) is 0 Å². The number of nitrogens with zero attached hydrogens (tertiary/aromatic N) is 1. The Morgan fingerprint density at radius 2 is 1.56 bits per heavy atom. The molecule has 0 aromatic heterocycles. The van der Waals surface area contributed by atoms with Crippen molar-refractivity contribution >= 4 is 12.6 Å². The lowest BCUT2D eigenvalue weighted by atomic mass is 9.83. The Hall–Kier alpha value is 0.270. The van der Waals surface area contributed by atoms with E-state index < -0.39 is 5.60 Å². The molecule has 0 aliphatic carbocycles. The molecular formula is C13H29NOS. The maximum atomic E-state index is 9.87. The molecule has 98 valence electrons. The van der Waals surface area contributed by atoms with E-state index in [2.05, 4.69) is 38.3 Å². The van der Waals surface area contributed by atoms with Crippen LogP contribution in [0.3, 0.4) is 0 Å². The molecule has 0 heterocycles. The molecule has 0 aromatic rings. The molecule has 0 saturated carbocycles. The summed E-state index contributed by atoms with van der Waals surface area (Å²) in [7, 11) is 0. The normalized spacial score (nSPS) is 13.5. The summed E-state index contributed by atoms with van der Waals surface area (Å²) in [5.74, 6) is 0.919. The Morgan fingerprint density at radius 3 is 1.81 bits per heavy atom. The van der Waals surface area contributed by atoms with Crippen LogP contribution in [0.1, 0.15) is 47.5 Å². The van der Waals surface area contributed by atoms with Gasteiger partial charge < -0.3 is 10.0 Å². The van der Waals surface area contributed by atoms with Gasteiger partial charge in [-0.1, -0.05) is 20.8 Å². The van der Waals surface area contributed by atoms with E-state index in [1.807, 2.05) is 13.8 Å². The molecule has 1 N–H and O–H groups in total. The minimum Gasteiger partial charge on any atom is -0.389 e. The average molecular weight is 247 g/mol. The van der Waals surface area contributed by atoms with Crippen LogP contribution in [0.15, 0.2) is 0 Å². The highest BCUT2D eigenvalue weighted by molar-refractivity contribution is 7.80. The highest BCUT2D eigenvalue weighted by Gasteiger charge is 2.28. The van der Waals surface area contributed by atoms with Crippen LogP contribution in [0, 0.1) is 5.41 Å². The van der Waals surface area contributed by atoms with Crippen molar-refractivity contribution < 1.29 is 5.11 Å². The summed E-state index contributed by atoms with van der Waals surface area (Å²) in [6, 6.07) is 0. The van der Waals surface area contributed by atoms with Gasteiger partial charge in [0, 0.05) is 13.1 Å². The molecule has 16 heavy (non-hydrogen) atoms. The SMILES string of the molecule is CCN(CC(C)(C)O)CC(CC)(CC)CS. The van der Waals surface area contributed by atoms with Gasteiger partial charge in [-0.2, -0.15) is 12.6 Å². The fraction of sp³-hybridized carbons (Fsp3) is 1.00. The summed E-state index contributed by atoms with van der Waals surface area (Å²) in [6.07, 6.45) is 2.30. The fourth-order valence-corrected chi connectivity index (χ4v) is 2.60. The van der Waals surface area contributed by atoms with E-state index >= 15 is 0 Å². The quantitative estimate of drug-likeness (QED) is 0.644. The highest BCUT2D eigenvalue weighted by Crippen LogP contribution is 2.29. The van der Waals surface area contributed by atoms with E-state index in [1.165, 1.54) is 0 Å². The maximum absolute atomic E-state index is 9.87. The lowest BCUT2D eigenvalue weighted by molar-refractivity contribution is 0.0234. The molecule has 3 heteroatoms. The first kappa shape index (κ1) is 16.3. The number of rotatable bonds is 8. The van der Waals surface area contributed by atoms with Crippen molar-refractivity contribution in [3.05, 3.63) is 0 Å². The molecule has 0 bridgehead atoms. The number of thiol groups is 1. The molecule has 0 aromatic carbocycles. The number of aliphatic hydroxyl groups is 1. The minimum absolute atomic E-state index is 0.296. The fourth-order valence-electron chi connectivity index (χ4n) is 2.05. The largest absolute Gasteiger partial charge is 0.389 e. The summed E-state index contributed by atoms with van der Waals surface area (Å²) in [6.45, 7) is 13.1. The van der Waals surface area contributed by atoms with E-state index in [-0.39, 0.29) is 0 Å². The van der Waals surface area contributed by atoms with Gasteiger partial charge in [0.15, 0.2) is 0 Å². The topological polar surface area (TPSA) is 23.5 Å². The first-order valence-electron chi connectivity index (χ1n) is 6.38. The second-order valence-electron chi connectivity index (χ2n) is 5.48. The van der Waals surface area contributed by atoms with E-state index in [4.69, 9.17) is 0 Å². The van der Waals surface area contributed by atoms with Crippen molar-refractivity contribution in [3.8, 4) is 0 Å². The third-order valence-electron chi connectivity index (χ3n) is 3.45. The summed E-state index contributed by atoms with van der Waals surface area (Å²) in [5, 5.41) is 9.87. The lowest BCUT2D eigenvalue weighted by Crippen LogP contribution is -2.45. The molecule has 0 rings (SSSR count). The zero-order chi connectivity index (χ0) is 12.8. The number of hydrogen-bond acceptors (Lipinski definition) is 3. The Labute approximate surface area is 107 Å². The molecule has 0 aliphatic rings. The second-order valence-corrected chi connectivity index (χ2v) is 5.80. The molecule has 0 unspecified atom stereocenters. The van der Waals surface area contributed by atoms with Crippen LogP contribution in [-0.2, 0) is 0 Å². The van der Waals surface area contributed by atoms with Crippen LogP contribution in [0.4, 0.5) is 0 Å². The van der Waals surface area contributed by atoms with Crippen LogP contribution < -0.4 is 0 Å². The highest BCUT2D eigenvalue weighted by atomic mass is 32.1. The van der Waals surface area contributed by atoms with Gasteiger partial charge in [0.25, 0.3) is 0 Å². The van der Waals surface area contributed by atoms with Gasteiger partial charge in [-0.05, 0) is 44.4 Å². The standard InChI is InChI=1S/C13H29NOS/c1-6-13(7-2,11-16)10-14(8-3)9-12(4,5)15/h15-16H,6-11H2,1-5H3. The molecule has 0 atom stereocenters. The summed E-state index contributed by atoms with van der Waals surface area (Å²) >= 11 is 4.50. The predicted octanol–water partition coefficient (Wildman–Crippen LogP) is 2.82. The summed E-state index contributed by atoms with van der Waals surface area (Å²) in [4.78, 5) is 2.34. The third-order valence-corrected chi connectivity index (χ3v) is 4.12. The van der Waals surface area contributed by atoms with E-state index in [9.17, 15) is 5.11 Å². The van der Waals surface area contributed by atoms with Gasteiger partial charge in [-0.3, -0.25) is 0 Å². The van der Waals surface area contributed by atoms with Gasteiger partial charge in [0.05, 0.1) is 5.60 Å². The Balaban J connectivity index is 4.50. The van der Waals surface area contributed by atoms with Crippen molar-refractivity contribution in [1.29, 1.82) is 0 Å². The van der Waals surface area contributed by atoms with Crippen LogP contribution >= 0.6 is 12.6 Å². The molecular weight excluding hydrogens is 218 g/mol. The summed E-state index contributed by atoms with van der Waals surface area (Å²) < 4.78 is 0. The van der Waals surface area contributed by atoms with Gasteiger partial charge in [-0.25, -0.2) is 0 Å². The Kier molecular flexibility index (Phi) is 6.99. The van der Waals surface area contributed by atoms with Crippen LogP contribution in [0.2, 0.25) is 0 Å². The molecule has 2 nitrogen and oxygen atoms in total. The first-order chi connectivity index (χ1) is 7.32. The van der Waals surface area contributed by atoms with Gasteiger partial charge in [-0.15, -0.1) is 0 Å². The van der Waals surface area contributed by atoms with E-state index in [0.717, 1.165) is 38.2 Å². The zero-order valence-electron chi connectivity index (χ0n) is 11.6. The first-order valence-corrected chi connectivity index (χ1v) is 7.01. The predicted molar refractivity (Wildman–Crippen MR) is 75.3 cm³/mol. The number of likely N-dealkylation sites (N-methyl/N-ethyl adjacent to an activating group) is 1. The van der Waals surface area contributed by atoms with Crippen molar-refractivity contribution in [2.24, 2.45) is 5.41 Å². The average Bonchev–Trinajstić information content (AvgIpc) is 2.23. The summed E-state index contributed by atoms with van der Waals surface area (Å²) in [5.41, 5.74) is -0.315. The van der Waals surface area contributed by atoms with Crippen LogP contribution in [0.25, 0.3) is 0 Å². The molecule has 0 aliphatic heterocycles. The van der Waals surface area contributed by atoms with Crippen molar-refractivity contribution in [2.45, 2.75) is 53.1 Å². The molecule has 0 saturated heterocycles.